The van der Waals surface area contributed by atoms with Gasteiger partial charge in [-0.25, -0.2) is 0 Å². The lowest BCUT2D eigenvalue weighted by atomic mass is 10.1. The van der Waals surface area contributed by atoms with E-state index in [1.54, 1.807) is 19.1 Å². The molecule has 0 aliphatic heterocycles. The molecule has 100 valence electrons. The van der Waals surface area contributed by atoms with Crippen molar-refractivity contribution >= 4 is 35.0 Å². The standard InChI is InChI=1S/C12H17ClN2O2S/c1-12(17,7-18-2)6-15-11(16)9-5-8(13)3-4-10(9)14/h3-5,17H,6-7,14H2,1-2H3,(H,15,16). The summed E-state index contributed by atoms with van der Waals surface area (Å²) in [6.45, 7) is 1.84. The Morgan fingerprint density at radius 3 is 2.89 bits per heavy atom. The molecular weight excluding hydrogens is 272 g/mol. The van der Waals surface area contributed by atoms with E-state index < -0.39 is 5.60 Å². The van der Waals surface area contributed by atoms with Crippen LogP contribution >= 0.6 is 23.4 Å². The van der Waals surface area contributed by atoms with E-state index in [0.29, 0.717) is 22.0 Å². The van der Waals surface area contributed by atoms with E-state index in [4.69, 9.17) is 17.3 Å². The molecule has 0 aromatic heterocycles. The summed E-state index contributed by atoms with van der Waals surface area (Å²) in [6.07, 6.45) is 1.89. The molecule has 1 unspecified atom stereocenters. The molecule has 4 N–H and O–H groups in total. The minimum absolute atomic E-state index is 0.165. The lowest BCUT2D eigenvalue weighted by molar-refractivity contribution is 0.0725. The lowest BCUT2D eigenvalue weighted by Gasteiger charge is -2.22. The zero-order valence-electron chi connectivity index (χ0n) is 10.4. The fourth-order valence-corrected chi connectivity index (χ4v) is 2.35. The number of anilines is 1. The minimum Gasteiger partial charge on any atom is -0.398 e. The highest BCUT2D eigenvalue weighted by Crippen LogP contribution is 2.18. The number of nitrogens with one attached hydrogen (secondary N) is 1. The van der Waals surface area contributed by atoms with Crippen LogP contribution in [-0.2, 0) is 0 Å². The molecule has 0 aliphatic carbocycles. The van der Waals surface area contributed by atoms with Crippen LogP contribution in [0.25, 0.3) is 0 Å². The molecule has 0 saturated carbocycles. The number of amides is 1. The van der Waals surface area contributed by atoms with Gasteiger partial charge in [-0.05, 0) is 31.4 Å². The maximum absolute atomic E-state index is 11.9. The molecule has 0 aliphatic rings. The van der Waals surface area contributed by atoms with Gasteiger partial charge < -0.3 is 16.2 Å². The van der Waals surface area contributed by atoms with E-state index in [1.807, 2.05) is 6.26 Å². The van der Waals surface area contributed by atoms with Crippen molar-refractivity contribution in [1.29, 1.82) is 0 Å². The number of rotatable bonds is 5. The Morgan fingerprint density at radius 1 is 1.61 bits per heavy atom. The number of halogens is 1. The highest BCUT2D eigenvalue weighted by atomic mass is 35.5. The fraction of sp³-hybridized carbons (Fsp3) is 0.417. The van der Waals surface area contributed by atoms with Gasteiger partial charge in [0.05, 0.1) is 11.2 Å². The van der Waals surface area contributed by atoms with Gasteiger partial charge in [-0.3, -0.25) is 4.79 Å². The number of nitrogen functional groups attached to an aromatic ring is 1. The normalized spacial score (nSPS) is 14.0. The second-order valence-corrected chi connectivity index (χ2v) is 5.65. The summed E-state index contributed by atoms with van der Waals surface area (Å²) in [5.41, 5.74) is 5.44. The first-order chi connectivity index (χ1) is 8.35. The van der Waals surface area contributed by atoms with E-state index in [0.717, 1.165) is 0 Å². The zero-order chi connectivity index (χ0) is 13.8. The highest BCUT2D eigenvalue weighted by Gasteiger charge is 2.21. The van der Waals surface area contributed by atoms with Crippen molar-refractivity contribution in [3.63, 3.8) is 0 Å². The molecular formula is C12H17ClN2O2S. The molecule has 1 rings (SSSR count). The van der Waals surface area contributed by atoms with Crippen molar-refractivity contribution in [3.8, 4) is 0 Å². The average Bonchev–Trinajstić information content (AvgIpc) is 2.29. The zero-order valence-corrected chi connectivity index (χ0v) is 11.9. The maximum Gasteiger partial charge on any atom is 0.253 e. The molecule has 0 radical (unpaired) electrons. The van der Waals surface area contributed by atoms with Crippen LogP contribution in [0.4, 0.5) is 5.69 Å². The third kappa shape index (κ3) is 4.40. The molecule has 0 fully saturated rings. The summed E-state index contributed by atoms with van der Waals surface area (Å²) in [5.74, 6) is 0.203. The number of carbonyl (C=O) groups is 1. The van der Waals surface area contributed by atoms with Crippen LogP contribution in [0.15, 0.2) is 18.2 Å². The predicted molar refractivity (Wildman–Crippen MR) is 77.2 cm³/mol. The minimum atomic E-state index is -0.942. The lowest BCUT2D eigenvalue weighted by Crippen LogP contribution is -2.42. The third-order valence-corrected chi connectivity index (χ3v) is 3.49. The van der Waals surface area contributed by atoms with Gasteiger partial charge in [0.2, 0.25) is 0 Å². The predicted octanol–water partition coefficient (Wildman–Crippen LogP) is 1.77. The van der Waals surface area contributed by atoms with Gasteiger partial charge in [-0.15, -0.1) is 0 Å². The SMILES string of the molecule is CSCC(C)(O)CNC(=O)c1cc(Cl)ccc1N. The number of hydrogen-bond donors (Lipinski definition) is 3. The summed E-state index contributed by atoms with van der Waals surface area (Å²) in [7, 11) is 0. The van der Waals surface area contributed by atoms with Crippen molar-refractivity contribution in [2.45, 2.75) is 12.5 Å². The van der Waals surface area contributed by atoms with E-state index in [9.17, 15) is 9.90 Å². The molecule has 6 heteroatoms. The van der Waals surface area contributed by atoms with Crippen LogP contribution in [0.1, 0.15) is 17.3 Å². The number of aliphatic hydroxyl groups is 1. The van der Waals surface area contributed by atoms with Gasteiger partial charge in [-0.2, -0.15) is 11.8 Å². The van der Waals surface area contributed by atoms with Crippen LogP contribution in [0.2, 0.25) is 5.02 Å². The third-order valence-electron chi connectivity index (χ3n) is 2.35. The number of carbonyl (C=O) groups excluding carboxylic acids is 1. The summed E-state index contributed by atoms with van der Waals surface area (Å²) < 4.78 is 0. The first-order valence-electron chi connectivity index (χ1n) is 5.40. The molecule has 0 spiro atoms. The maximum atomic E-state index is 11.9. The number of benzene rings is 1. The van der Waals surface area contributed by atoms with Crippen LogP contribution in [0, 0.1) is 0 Å². The first kappa shape index (κ1) is 15.1. The van der Waals surface area contributed by atoms with Crippen molar-refractivity contribution in [2.75, 3.05) is 24.3 Å². The van der Waals surface area contributed by atoms with Gasteiger partial charge in [0.25, 0.3) is 5.91 Å². The van der Waals surface area contributed by atoms with Gasteiger partial charge in [-0.1, -0.05) is 11.6 Å². The van der Waals surface area contributed by atoms with Gasteiger partial charge >= 0.3 is 0 Å². The molecule has 1 aromatic rings. The van der Waals surface area contributed by atoms with Crippen molar-refractivity contribution < 1.29 is 9.90 Å². The molecule has 1 atom stereocenters. The Hall–Kier alpha value is -0.910. The Labute approximate surface area is 116 Å². The number of hydrogen-bond acceptors (Lipinski definition) is 4. The Balaban J connectivity index is 2.69. The average molecular weight is 289 g/mol. The second kappa shape index (κ2) is 6.31. The molecule has 1 aromatic carbocycles. The fourth-order valence-electron chi connectivity index (χ4n) is 1.45. The Morgan fingerprint density at radius 2 is 2.28 bits per heavy atom. The summed E-state index contributed by atoms with van der Waals surface area (Å²) in [6, 6.07) is 4.71. The number of nitrogens with two attached hydrogens (primary N) is 1. The Bertz CT molecular complexity index is 438. The van der Waals surface area contributed by atoms with Crippen molar-refractivity contribution in [2.24, 2.45) is 0 Å². The van der Waals surface area contributed by atoms with Gasteiger partial charge in [0, 0.05) is 23.0 Å². The van der Waals surface area contributed by atoms with Crippen LogP contribution in [0.5, 0.6) is 0 Å². The van der Waals surface area contributed by atoms with E-state index in [1.165, 1.54) is 17.8 Å². The molecule has 0 saturated heterocycles. The highest BCUT2D eigenvalue weighted by molar-refractivity contribution is 7.98. The Kier molecular flexibility index (Phi) is 5.31. The second-order valence-electron chi connectivity index (χ2n) is 4.34. The quantitative estimate of drug-likeness (QED) is 0.722. The molecule has 18 heavy (non-hydrogen) atoms. The van der Waals surface area contributed by atoms with E-state index in [2.05, 4.69) is 5.32 Å². The van der Waals surface area contributed by atoms with E-state index in [-0.39, 0.29) is 12.5 Å². The van der Waals surface area contributed by atoms with Gasteiger partial charge in [0.15, 0.2) is 0 Å². The first-order valence-corrected chi connectivity index (χ1v) is 7.17. The molecule has 4 nitrogen and oxygen atoms in total. The summed E-state index contributed by atoms with van der Waals surface area (Å²) in [4.78, 5) is 11.9. The van der Waals surface area contributed by atoms with Crippen LogP contribution < -0.4 is 11.1 Å². The van der Waals surface area contributed by atoms with Crippen molar-refractivity contribution in [1.82, 2.24) is 5.32 Å². The molecule has 1 amide bonds. The van der Waals surface area contributed by atoms with Crippen molar-refractivity contribution in [3.05, 3.63) is 28.8 Å². The molecule has 0 heterocycles. The van der Waals surface area contributed by atoms with E-state index >= 15 is 0 Å². The molecule has 0 bridgehead atoms. The number of thioether (sulfide) groups is 1. The monoisotopic (exact) mass is 288 g/mol. The summed E-state index contributed by atoms with van der Waals surface area (Å²) >= 11 is 7.33. The van der Waals surface area contributed by atoms with Crippen LogP contribution in [0.3, 0.4) is 0 Å². The topological polar surface area (TPSA) is 75.3 Å². The smallest absolute Gasteiger partial charge is 0.253 e. The van der Waals surface area contributed by atoms with Crippen LogP contribution in [-0.4, -0.2) is 35.2 Å². The van der Waals surface area contributed by atoms with Gasteiger partial charge in [0.1, 0.15) is 0 Å². The largest absolute Gasteiger partial charge is 0.398 e. The summed E-state index contributed by atoms with van der Waals surface area (Å²) in [5, 5.41) is 13.0.